The minimum absolute atomic E-state index is 0.248. The zero-order chi connectivity index (χ0) is 16.6. The third-order valence-corrected chi connectivity index (χ3v) is 3.66. The molecule has 0 N–H and O–H groups in total. The summed E-state index contributed by atoms with van der Waals surface area (Å²) in [4.78, 5) is 0. The fourth-order valence-electron chi connectivity index (χ4n) is 1.90. The van der Waals surface area contributed by atoms with Crippen molar-refractivity contribution < 1.29 is 13.8 Å². The summed E-state index contributed by atoms with van der Waals surface area (Å²) in [6, 6.07) is 0.991. The van der Waals surface area contributed by atoms with Gasteiger partial charge in [0, 0.05) is 24.2 Å². The lowest BCUT2D eigenvalue weighted by Crippen LogP contribution is -2.39. The maximum atomic E-state index is 5.97. The Morgan fingerprint density at radius 1 is 0.810 bits per heavy atom. The Kier molecular flexibility index (Phi) is 10.6. The molecule has 0 aliphatic heterocycles. The van der Waals surface area contributed by atoms with Crippen LogP contribution in [0.25, 0.3) is 0 Å². The summed E-state index contributed by atoms with van der Waals surface area (Å²) < 4.78 is 17.6. The highest BCUT2D eigenvalue weighted by Crippen LogP contribution is 2.43. The lowest BCUT2D eigenvalue weighted by molar-refractivity contribution is -0.172. The van der Waals surface area contributed by atoms with Crippen LogP contribution in [0.3, 0.4) is 0 Å². The first-order valence-electron chi connectivity index (χ1n) is 7.67. The maximum Gasteiger partial charge on any atom is 0.369 e. The van der Waals surface area contributed by atoms with Gasteiger partial charge in [0.15, 0.2) is 0 Å². The summed E-state index contributed by atoms with van der Waals surface area (Å²) in [5, 5.41) is 3.82. The van der Waals surface area contributed by atoms with Gasteiger partial charge in [-0.3, -0.25) is 0 Å². The first-order chi connectivity index (χ1) is 9.70. The van der Waals surface area contributed by atoms with Crippen molar-refractivity contribution in [2.24, 2.45) is 0 Å². The van der Waals surface area contributed by atoms with Gasteiger partial charge >= 0.3 is 8.60 Å². The first kappa shape index (κ1) is 21.0. The molecule has 5 nitrogen and oxygen atoms in total. The third kappa shape index (κ3) is 8.24. The van der Waals surface area contributed by atoms with Crippen molar-refractivity contribution in [1.29, 1.82) is 0 Å². The molecule has 0 aliphatic rings. The number of hydroxylamine groups is 4. The van der Waals surface area contributed by atoms with Crippen molar-refractivity contribution >= 4 is 8.60 Å². The van der Waals surface area contributed by atoms with Crippen LogP contribution in [0, 0.1) is 0 Å². The van der Waals surface area contributed by atoms with Crippen molar-refractivity contribution in [3.05, 3.63) is 12.7 Å². The van der Waals surface area contributed by atoms with Crippen LogP contribution in [-0.2, 0) is 13.8 Å². The molecule has 0 spiro atoms. The van der Waals surface area contributed by atoms with E-state index in [0.29, 0.717) is 6.61 Å². The Morgan fingerprint density at radius 3 is 1.38 bits per heavy atom. The van der Waals surface area contributed by atoms with Crippen LogP contribution in [0.1, 0.15) is 55.4 Å². The molecule has 0 radical (unpaired) electrons. The van der Waals surface area contributed by atoms with Gasteiger partial charge in [0.1, 0.15) is 0 Å². The van der Waals surface area contributed by atoms with Crippen molar-refractivity contribution in [1.82, 2.24) is 10.1 Å². The average molecular weight is 320 g/mol. The molecule has 6 heteroatoms. The fraction of sp³-hybridized carbons (Fsp3) is 0.867. The monoisotopic (exact) mass is 320 g/mol. The van der Waals surface area contributed by atoms with Gasteiger partial charge in [-0.15, -0.1) is 6.58 Å². The number of hydrogen-bond donors (Lipinski definition) is 0. The molecule has 21 heavy (non-hydrogen) atoms. The van der Waals surface area contributed by atoms with Crippen LogP contribution in [0.4, 0.5) is 0 Å². The van der Waals surface area contributed by atoms with Crippen molar-refractivity contribution in [3.8, 4) is 0 Å². The second kappa shape index (κ2) is 10.7. The lowest BCUT2D eigenvalue weighted by Gasteiger charge is -2.35. The molecule has 0 unspecified atom stereocenters. The predicted octanol–water partition coefficient (Wildman–Crippen LogP) is 4.52. The molecule has 0 aliphatic carbocycles. The smallest absolute Gasteiger partial charge is 0.306 e. The third-order valence-electron chi connectivity index (χ3n) is 2.66. The van der Waals surface area contributed by atoms with Gasteiger partial charge in [0.05, 0.1) is 6.61 Å². The van der Waals surface area contributed by atoms with Crippen LogP contribution in [0.15, 0.2) is 12.7 Å². The van der Waals surface area contributed by atoms with E-state index < -0.39 is 8.60 Å². The molecule has 0 aromatic carbocycles. The van der Waals surface area contributed by atoms with Crippen LogP contribution < -0.4 is 0 Å². The van der Waals surface area contributed by atoms with Crippen LogP contribution in [0.5, 0.6) is 0 Å². The summed E-state index contributed by atoms with van der Waals surface area (Å²) in [5.41, 5.74) is 0. The fourth-order valence-corrected chi connectivity index (χ4v) is 3.31. The molecular weight excluding hydrogens is 287 g/mol. The van der Waals surface area contributed by atoms with Crippen molar-refractivity contribution in [2.75, 3.05) is 6.61 Å². The summed E-state index contributed by atoms with van der Waals surface area (Å²) in [6.45, 7) is 20.8. The number of nitrogens with zero attached hydrogens (tertiary/aromatic N) is 2. The Labute approximate surface area is 132 Å². The Balaban J connectivity index is 4.87. The van der Waals surface area contributed by atoms with Crippen LogP contribution in [-0.4, -0.2) is 40.9 Å². The molecule has 0 fully saturated rings. The Morgan fingerprint density at radius 2 is 1.14 bits per heavy atom. The van der Waals surface area contributed by atoms with E-state index >= 15 is 0 Å². The lowest BCUT2D eigenvalue weighted by atomic mass is 10.3. The SMILES string of the molecule is C=CCOP(ON(C(C)C)C(C)C)ON(C(C)C)C(C)C. The van der Waals surface area contributed by atoms with Gasteiger partial charge in [0.2, 0.25) is 0 Å². The van der Waals surface area contributed by atoms with Crippen molar-refractivity contribution in [3.63, 3.8) is 0 Å². The van der Waals surface area contributed by atoms with Crippen LogP contribution >= 0.6 is 8.60 Å². The molecule has 0 amide bonds. The largest absolute Gasteiger partial charge is 0.369 e. The molecule has 126 valence electrons. The number of hydrogen-bond acceptors (Lipinski definition) is 5. The van der Waals surface area contributed by atoms with E-state index in [9.17, 15) is 0 Å². The minimum atomic E-state index is -1.49. The topological polar surface area (TPSA) is 34.2 Å². The number of rotatable bonds is 11. The second-order valence-electron chi connectivity index (χ2n) is 6.07. The van der Waals surface area contributed by atoms with Crippen LogP contribution in [0.2, 0.25) is 0 Å². The standard InChI is InChI=1S/C15H33N2O3P/c1-10-11-18-21(19-16(12(2)3)13(4)5)20-17(14(6)7)15(8)9/h10,12-15H,1,11H2,2-9H3. The van der Waals surface area contributed by atoms with E-state index in [1.807, 2.05) is 10.1 Å². The highest BCUT2D eigenvalue weighted by Gasteiger charge is 2.27. The van der Waals surface area contributed by atoms with Gasteiger partial charge in [0.25, 0.3) is 0 Å². The molecule has 0 saturated carbocycles. The quantitative estimate of drug-likeness (QED) is 0.318. The summed E-state index contributed by atoms with van der Waals surface area (Å²) in [5.74, 6) is 0. The molecule has 0 aromatic rings. The van der Waals surface area contributed by atoms with Gasteiger partial charge in [-0.1, -0.05) is 6.08 Å². The normalized spacial score (nSPS) is 12.9. The average Bonchev–Trinajstić information content (AvgIpc) is 2.35. The summed E-state index contributed by atoms with van der Waals surface area (Å²) >= 11 is 0. The molecule has 0 heterocycles. The van der Waals surface area contributed by atoms with E-state index in [-0.39, 0.29) is 24.2 Å². The highest BCUT2D eigenvalue weighted by molar-refractivity contribution is 7.41. The van der Waals surface area contributed by atoms with E-state index in [2.05, 4.69) is 62.0 Å². The zero-order valence-corrected chi connectivity index (χ0v) is 15.8. The molecule has 0 rings (SSSR count). The van der Waals surface area contributed by atoms with E-state index in [1.54, 1.807) is 6.08 Å². The van der Waals surface area contributed by atoms with Gasteiger partial charge in [-0.05, 0) is 55.4 Å². The minimum Gasteiger partial charge on any atom is -0.306 e. The molecular formula is C15H33N2O3P. The van der Waals surface area contributed by atoms with Crippen molar-refractivity contribution in [2.45, 2.75) is 79.6 Å². The molecule has 0 aromatic heterocycles. The van der Waals surface area contributed by atoms with Gasteiger partial charge in [-0.25, -0.2) is 9.25 Å². The first-order valence-corrected chi connectivity index (χ1v) is 8.77. The van der Waals surface area contributed by atoms with E-state index in [0.717, 1.165) is 0 Å². The molecule has 0 atom stereocenters. The maximum absolute atomic E-state index is 5.97. The molecule has 0 saturated heterocycles. The van der Waals surface area contributed by atoms with E-state index in [4.69, 9.17) is 13.8 Å². The zero-order valence-electron chi connectivity index (χ0n) is 14.9. The summed E-state index contributed by atoms with van der Waals surface area (Å²) in [6.07, 6.45) is 1.70. The molecule has 0 bridgehead atoms. The second-order valence-corrected chi connectivity index (χ2v) is 7.10. The Bertz CT molecular complexity index is 248. The predicted molar refractivity (Wildman–Crippen MR) is 89.5 cm³/mol. The highest BCUT2D eigenvalue weighted by atomic mass is 31.2. The Hall–Kier alpha value is -0.0300. The van der Waals surface area contributed by atoms with Gasteiger partial charge < -0.3 is 4.52 Å². The van der Waals surface area contributed by atoms with E-state index in [1.165, 1.54) is 0 Å². The van der Waals surface area contributed by atoms with Gasteiger partial charge in [-0.2, -0.15) is 10.1 Å². The summed E-state index contributed by atoms with van der Waals surface area (Å²) in [7, 11) is -1.49.